The van der Waals surface area contributed by atoms with Gasteiger partial charge in [0.1, 0.15) is 11.2 Å². The Labute approximate surface area is 320 Å². The lowest BCUT2D eigenvalue weighted by molar-refractivity contribution is 0.673. The second kappa shape index (κ2) is 11.9. The van der Waals surface area contributed by atoms with Crippen LogP contribution >= 0.6 is 0 Å². The van der Waals surface area contributed by atoms with Gasteiger partial charge in [0.15, 0.2) is 11.6 Å². The summed E-state index contributed by atoms with van der Waals surface area (Å²) >= 11 is 0. The molecule has 0 amide bonds. The highest BCUT2D eigenvalue weighted by molar-refractivity contribution is 6.23. The predicted molar refractivity (Wildman–Crippen MR) is 228 cm³/mol. The minimum absolute atomic E-state index is 0.690. The molecule has 0 radical (unpaired) electrons. The van der Waals surface area contributed by atoms with E-state index in [1.165, 1.54) is 10.8 Å². The fourth-order valence-corrected chi connectivity index (χ4v) is 8.63. The summed E-state index contributed by atoms with van der Waals surface area (Å²) in [6.45, 7) is 0. The molecular formula is C50H31N5O. The molecule has 0 fully saturated rings. The van der Waals surface area contributed by atoms with Crippen molar-refractivity contribution in [2.75, 3.05) is 0 Å². The van der Waals surface area contributed by atoms with Crippen LogP contribution in [0.3, 0.4) is 0 Å². The quantitative estimate of drug-likeness (QED) is 0.178. The van der Waals surface area contributed by atoms with Crippen LogP contribution in [0.1, 0.15) is 0 Å². The summed E-state index contributed by atoms with van der Waals surface area (Å²) in [5, 5.41) is 12.0. The highest BCUT2D eigenvalue weighted by Crippen LogP contribution is 2.41. The Balaban J connectivity index is 1.05. The second-order valence-corrected chi connectivity index (χ2v) is 14.3. The highest BCUT2D eigenvalue weighted by Gasteiger charge is 2.21. The SMILES string of the molecule is c1ccc(-c2nc(-c3ccccc3)n(-c3ccc4c(c3)c3ccccc3n4-c3cccc(-n4c5ccccc5c5c6oc7ccccc7c6ccc54)c3)n2)cc1. The molecule has 12 aromatic rings. The Bertz CT molecular complexity index is 3480. The van der Waals surface area contributed by atoms with Crippen LogP contribution in [-0.2, 0) is 0 Å². The molecule has 6 heteroatoms. The number of fused-ring (bicyclic) bond motifs is 10. The van der Waals surface area contributed by atoms with Gasteiger partial charge in [-0.2, -0.15) is 0 Å². The summed E-state index contributed by atoms with van der Waals surface area (Å²) < 4.78 is 13.3. The predicted octanol–water partition coefficient (Wildman–Crippen LogP) is 12.7. The number of nitrogens with zero attached hydrogens (tertiary/aromatic N) is 5. The average molecular weight is 718 g/mol. The largest absolute Gasteiger partial charge is 0.455 e. The van der Waals surface area contributed by atoms with E-state index in [0.717, 1.165) is 88.8 Å². The zero-order valence-corrected chi connectivity index (χ0v) is 30.0. The van der Waals surface area contributed by atoms with E-state index in [9.17, 15) is 0 Å². The molecule has 0 aliphatic rings. The first-order valence-corrected chi connectivity index (χ1v) is 18.8. The molecule has 0 spiro atoms. The summed E-state index contributed by atoms with van der Waals surface area (Å²) in [7, 11) is 0. The minimum Gasteiger partial charge on any atom is -0.455 e. The molecule has 56 heavy (non-hydrogen) atoms. The van der Waals surface area contributed by atoms with Gasteiger partial charge in [-0.05, 0) is 66.7 Å². The highest BCUT2D eigenvalue weighted by atomic mass is 16.3. The van der Waals surface area contributed by atoms with Gasteiger partial charge < -0.3 is 13.6 Å². The van der Waals surface area contributed by atoms with E-state index in [1.807, 2.05) is 47.1 Å². The molecule has 0 unspecified atom stereocenters. The Morgan fingerprint density at radius 2 is 1.00 bits per heavy atom. The monoisotopic (exact) mass is 717 g/mol. The summed E-state index contributed by atoms with van der Waals surface area (Å²) in [5.74, 6) is 1.49. The lowest BCUT2D eigenvalue weighted by Gasteiger charge is -2.13. The van der Waals surface area contributed by atoms with E-state index in [4.69, 9.17) is 14.5 Å². The summed E-state index contributed by atoms with van der Waals surface area (Å²) in [6.07, 6.45) is 0. The van der Waals surface area contributed by atoms with E-state index in [1.54, 1.807) is 0 Å². The van der Waals surface area contributed by atoms with E-state index >= 15 is 0 Å². The smallest absolute Gasteiger partial charge is 0.182 e. The lowest BCUT2D eigenvalue weighted by atomic mass is 10.1. The van der Waals surface area contributed by atoms with Crippen molar-refractivity contribution >= 4 is 65.6 Å². The maximum Gasteiger partial charge on any atom is 0.182 e. The number of furan rings is 1. The van der Waals surface area contributed by atoms with E-state index < -0.39 is 0 Å². The normalized spacial score (nSPS) is 11.9. The molecule has 0 saturated heterocycles. The van der Waals surface area contributed by atoms with Crippen molar-refractivity contribution in [3.05, 3.63) is 188 Å². The molecule has 12 rings (SSSR count). The van der Waals surface area contributed by atoms with Gasteiger partial charge in [0.25, 0.3) is 0 Å². The molecule has 0 saturated carbocycles. The molecule has 0 bridgehead atoms. The second-order valence-electron chi connectivity index (χ2n) is 14.3. The van der Waals surface area contributed by atoms with Gasteiger partial charge in [-0.3, -0.25) is 0 Å². The van der Waals surface area contributed by atoms with Gasteiger partial charge in [0.2, 0.25) is 0 Å². The van der Waals surface area contributed by atoms with Crippen molar-refractivity contribution in [3.63, 3.8) is 0 Å². The zero-order chi connectivity index (χ0) is 36.7. The van der Waals surface area contributed by atoms with Gasteiger partial charge in [-0.25, -0.2) is 9.67 Å². The van der Waals surface area contributed by atoms with Crippen LogP contribution < -0.4 is 0 Å². The minimum atomic E-state index is 0.690. The van der Waals surface area contributed by atoms with Gasteiger partial charge in [-0.15, -0.1) is 5.10 Å². The third-order valence-corrected chi connectivity index (χ3v) is 11.1. The van der Waals surface area contributed by atoms with E-state index in [-0.39, 0.29) is 0 Å². The van der Waals surface area contributed by atoms with Crippen molar-refractivity contribution in [3.8, 4) is 39.8 Å². The van der Waals surface area contributed by atoms with Crippen LogP contribution in [0.2, 0.25) is 0 Å². The van der Waals surface area contributed by atoms with Crippen molar-refractivity contribution < 1.29 is 4.42 Å². The van der Waals surface area contributed by atoms with Crippen molar-refractivity contribution in [1.82, 2.24) is 23.9 Å². The number of aromatic nitrogens is 5. The third kappa shape index (κ3) is 4.50. The number of benzene rings is 8. The van der Waals surface area contributed by atoms with Crippen LogP contribution in [-0.4, -0.2) is 23.9 Å². The number of para-hydroxylation sites is 3. The van der Waals surface area contributed by atoms with Gasteiger partial charge in [0.05, 0.1) is 33.1 Å². The molecular weight excluding hydrogens is 687 g/mol. The summed E-state index contributed by atoms with van der Waals surface area (Å²) in [4.78, 5) is 5.07. The summed E-state index contributed by atoms with van der Waals surface area (Å²) in [6, 6.07) is 66.0. The fraction of sp³-hybridized carbons (Fsp3) is 0. The standard InChI is InChI=1S/C50H31N5O/c1-3-14-32(15-4-1)49-51-50(33-16-5-2-6-17-33)55(52-49)36-26-28-44-41(31-36)37-20-7-10-23-42(37)53(44)34-18-13-19-35(30-34)54-43-24-11-8-22-40(43)47-45(54)29-27-39-38-21-9-12-25-46(38)56-48(39)47/h1-31H. The molecule has 6 nitrogen and oxygen atoms in total. The Morgan fingerprint density at radius 1 is 0.393 bits per heavy atom. The topological polar surface area (TPSA) is 53.7 Å². The van der Waals surface area contributed by atoms with Crippen molar-refractivity contribution in [2.45, 2.75) is 0 Å². The van der Waals surface area contributed by atoms with Gasteiger partial charge >= 0.3 is 0 Å². The number of rotatable bonds is 5. The van der Waals surface area contributed by atoms with Gasteiger partial charge in [0, 0.05) is 49.4 Å². The first-order chi connectivity index (χ1) is 27.8. The van der Waals surface area contributed by atoms with Crippen LogP contribution in [0.4, 0.5) is 0 Å². The van der Waals surface area contributed by atoms with Gasteiger partial charge in [-0.1, -0.05) is 121 Å². The Morgan fingerprint density at radius 3 is 1.79 bits per heavy atom. The Kier molecular flexibility index (Phi) is 6.53. The van der Waals surface area contributed by atoms with Crippen LogP contribution in [0.25, 0.3) is 105 Å². The first kappa shape index (κ1) is 30.7. The zero-order valence-electron chi connectivity index (χ0n) is 30.0. The molecule has 0 atom stereocenters. The molecule has 0 aliphatic carbocycles. The number of hydrogen-bond acceptors (Lipinski definition) is 3. The lowest BCUT2D eigenvalue weighted by Crippen LogP contribution is -2.00. The van der Waals surface area contributed by atoms with Crippen LogP contribution in [0, 0.1) is 0 Å². The molecule has 4 aromatic heterocycles. The van der Waals surface area contributed by atoms with Crippen LogP contribution in [0.5, 0.6) is 0 Å². The number of hydrogen-bond donors (Lipinski definition) is 0. The van der Waals surface area contributed by atoms with Crippen molar-refractivity contribution in [1.29, 1.82) is 0 Å². The first-order valence-electron chi connectivity index (χ1n) is 18.8. The summed E-state index contributed by atoms with van der Waals surface area (Å²) in [5.41, 5.74) is 11.4. The van der Waals surface area contributed by atoms with E-state index in [0.29, 0.717) is 5.82 Å². The average Bonchev–Trinajstić information content (AvgIpc) is 4.04. The Hall–Kier alpha value is -7.70. The third-order valence-electron chi connectivity index (χ3n) is 11.1. The molecule has 8 aromatic carbocycles. The van der Waals surface area contributed by atoms with Crippen molar-refractivity contribution in [2.24, 2.45) is 0 Å². The maximum absolute atomic E-state index is 6.57. The molecule has 4 heterocycles. The molecule has 0 N–H and O–H groups in total. The molecule has 262 valence electrons. The fourth-order valence-electron chi connectivity index (χ4n) is 8.63. The maximum atomic E-state index is 6.57. The molecule has 0 aliphatic heterocycles. The van der Waals surface area contributed by atoms with Crippen LogP contribution in [0.15, 0.2) is 192 Å². The van der Waals surface area contributed by atoms with E-state index in [2.05, 4.69) is 155 Å².